The molecular formula is C21H20N2O5. The molecule has 0 spiro atoms. The molecule has 0 aliphatic carbocycles. The van der Waals surface area contributed by atoms with Crippen molar-refractivity contribution in [1.82, 2.24) is 9.78 Å². The Labute approximate surface area is 161 Å². The number of aromatic nitrogens is 2. The van der Waals surface area contributed by atoms with Crippen molar-refractivity contribution in [2.75, 3.05) is 7.11 Å². The third-order valence-electron chi connectivity index (χ3n) is 4.39. The molecule has 2 aromatic carbocycles. The summed E-state index contributed by atoms with van der Waals surface area (Å²) in [7, 11) is 1.54. The van der Waals surface area contributed by atoms with Gasteiger partial charge >= 0.3 is 5.97 Å². The van der Waals surface area contributed by atoms with Crippen LogP contribution >= 0.6 is 0 Å². The Balaban J connectivity index is 1.89. The molecule has 1 aromatic heterocycles. The number of rotatable bonds is 6. The summed E-state index contributed by atoms with van der Waals surface area (Å²) in [6, 6.07) is 13.2. The summed E-state index contributed by atoms with van der Waals surface area (Å²) < 4.78 is 11.6. The highest BCUT2D eigenvalue weighted by Crippen LogP contribution is 2.17. The quantitative estimate of drug-likeness (QED) is 0.483. The Kier molecular flexibility index (Phi) is 5.54. The van der Waals surface area contributed by atoms with E-state index in [1.807, 2.05) is 0 Å². The third-order valence-corrected chi connectivity index (χ3v) is 4.39. The summed E-state index contributed by atoms with van der Waals surface area (Å²) in [6.07, 6.45) is -1.01. The van der Waals surface area contributed by atoms with Crippen molar-refractivity contribution in [2.24, 2.45) is 0 Å². The van der Waals surface area contributed by atoms with E-state index < -0.39 is 12.1 Å². The van der Waals surface area contributed by atoms with Gasteiger partial charge in [-0.25, -0.2) is 9.48 Å². The lowest BCUT2D eigenvalue weighted by atomic mass is 10.1. The first-order valence-electron chi connectivity index (χ1n) is 8.85. The van der Waals surface area contributed by atoms with Gasteiger partial charge in [0.2, 0.25) is 5.78 Å². The van der Waals surface area contributed by atoms with E-state index in [4.69, 9.17) is 9.47 Å². The van der Waals surface area contributed by atoms with Gasteiger partial charge in [0.1, 0.15) is 5.75 Å². The first kappa shape index (κ1) is 19.3. The second kappa shape index (κ2) is 8.04. The maximum Gasteiger partial charge on any atom is 0.360 e. The van der Waals surface area contributed by atoms with Crippen LogP contribution in [0.15, 0.2) is 53.3 Å². The maximum absolute atomic E-state index is 12.7. The summed E-state index contributed by atoms with van der Waals surface area (Å²) in [6.45, 7) is 3.57. The average molecular weight is 380 g/mol. The Bertz CT molecular complexity index is 1090. The molecular weight excluding hydrogens is 360 g/mol. The normalized spacial score (nSPS) is 11.8. The van der Waals surface area contributed by atoms with Crippen LogP contribution in [0.5, 0.6) is 5.75 Å². The molecule has 0 aliphatic heterocycles. The van der Waals surface area contributed by atoms with Crippen molar-refractivity contribution in [3.63, 3.8) is 0 Å². The number of nitrogens with zero attached hydrogens (tertiary/aromatic N) is 2. The Morgan fingerprint density at radius 1 is 1.07 bits per heavy atom. The minimum Gasteiger partial charge on any atom is -0.497 e. The summed E-state index contributed by atoms with van der Waals surface area (Å²) in [5, 5.41) is 4.90. The van der Waals surface area contributed by atoms with Gasteiger partial charge in [0.05, 0.1) is 12.5 Å². The predicted octanol–water partition coefficient (Wildman–Crippen LogP) is 2.85. The zero-order valence-electron chi connectivity index (χ0n) is 15.8. The maximum atomic E-state index is 12.7. The number of esters is 1. The molecule has 144 valence electrons. The lowest BCUT2D eigenvalue weighted by Gasteiger charge is -2.14. The SMILES string of the molecule is CCn1nc(C(=O)O[C@H](C)C(=O)c2ccc(OC)cc2)c2ccccc2c1=O. The fourth-order valence-electron chi connectivity index (χ4n) is 2.86. The van der Waals surface area contributed by atoms with Crippen molar-refractivity contribution in [3.05, 3.63) is 70.1 Å². The monoisotopic (exact) mass is 380 g/mol. The Morgan fingerprint density at radius 3 is 2.32 bits per heavy atom. The highest BCUT2D eigenvalue weighted by molar-refractivity contribution is 6.05. The Morgan fingerprint density at radius 2 is 1.71 bits per heavy atom. The van der Waals surface area contributed by atoms with Crippen LogP contribution in [0.4, 0.5) is 0 Å². The largest absolute Gasteiger partial charge is 0.497 e. The molecule has 0 aliphatic rings. The fraction of sp³-hybridized carbons (Fsp3) is 0.238. The number of benzene rings is 2. The molecule has 0 amide bonds. The molecule has 0 saturated heterocycles. The standard InChI is InChI=1S/C21H20N2O5/c1-4-23-20(25)17-8-6-5-7-16(17)18(22-23)21(26)28-13(2)19(24)14-9-11-15(27-3)12-10-14/h5-13H,4H2,1-3H3/t13-/m1/s1. The number of hydrogen-bond acceptors (Lipinski definition) is 6. The number of carbonyl (C=O) groups is 2. The van der Waals surface area contributed by atoms with Crippen LogP contribution in [-0.4, -0.2) is 34.7 Å². The number of carbonyl (C=O) groups excluding carboxylic acids is 2. The van der Waals surface area contributed by atoms with Crippen molar-refractivity contribution in [1.29, 1.82) is 0 Å². The summed E-state index contributed by atoms with van der Waals surface area (Å²) in [5.41, 5.74) is 0.126. The highest BCUT2D eigenvalue weighted by Gasteiger charge is 2.24. The average Bonchev–Trinajstić information content (AvgIpc) is 2.73. The van der Waals surface area contributed by atoms with Crippen LogP contribution in [-0.2, 0) is 11.3 Å². The number of ether oxygens (including phenoxy) is 2. The number of methoxy groups -OCH3 is 1. The van der Waals surface area contributed by atoms with Gasteiger partial charge in [0.15, 0.2) is 11.8 Å². The van der Waals surface area contributed by atoms with Crippen LogP contribution in [0.3, 0.4) is 0 Å². The minimum atomic E-state index is -1.01. The van der Waals surface area contributed by atoms with E-state index in [1.54, 1.807) is 55.5 Å². The van der Waals surface area contributed by atoms with Gasteiger partial charge < -0.3 is 9.47 Å². The summed E-state index contributed by atoms with van der Waals surface area (Å²) in [4.78, 5) is 37.7. The van der Waals surface area contributed by atoms with Crippen molar-refractivity contribution < 1.29 is 19.1 Å². The molecule has 0 unspecified atom stereocenters. The predicted molar refractivity (Wildman–Crippen MR) is 104 cm³/mol. The molecule has 0 radical (unpaired) electrons. The van der Waals surface area contributed by atoms with E-state index in [0.29, 0.717) is 28.6 Å². The van der Waals surface area contributed by atoms with Gasteiger partial charge in [0.25, 0.3) is 5.56 Å². The zero-order chi connectivity index (χ0) is 20.3. The molecule has 0 bridgehead atoms. The lowest BCUT2D eigenvalue weighted by Crippen LogP contribution is -2.29. The third kappa shape index (κ3) is 3.64. The molecule has 0 fully saturated rings. The van der Waals surface area contributed by atoms with Crippen molar-refractivity contribution in [3.8, 4) is 5.75 Å². The smallest absolute Gasteiger partial charge is 0.360 e. The van der Waals surface area contributed by atoms with Crippen molar-refractivity contribution in [2.45, 2.75) is 26.5 Å². The molecule has 7 nitrogen and oxygen atoms in total. The van der Waals surface area contributed by atoms with Crippen LogP contribution < -0.4 is 10.3 Å². The number of hydrogen-bond donors (Lipinski definition) is 0. The van der Waals surface area contributed by atoms with E-state index in [9.17, 15) is 14.4 Å². The second-order valence-corrected chi connectivity index (χ2v) is 6.16. The molecule has 1 heterocycles. The molecule has 3 rings (SSSR count). The number of fused-ring (bicyclic) bond motifs is 1. The van der Waals surface area contributed by atoms with Crippen LogP contribution in [0.1, 0.15) is 34.7 Å². The highest BCUT2D eigenvalue weighted by atomic mass is 16.5. The van der Waals surface area contributed by atoms with Gasteiger partial charge in [0, 0.05) is 17.5 Å². The van der Waals surface area contributed by atoms with Gasteiger partial charge in [-0.3, -0.25) is 9.59 Å². The number of aryl methyl sites for hydroxylation is 1. The molecule has 1 atom stereocenters. The van der Waals surface area contributed by atoms with Gasteiger partial charge in [-0.05, 0) is 44.2 Å². The van der Waals surface area contributed by atoms with E-state index in [-0.39, 0.29) is 17.0 Å². The fourth-order valence-corrected chi connectivity index (χ4v) is 2.86. The van der Waals surface area contributed by atoms with Crippen molar-refractivity contribution >= 4 is 22.5 Å². The number of ketones is 1. The summed E-state index contributed by atoms with van der Waals surface area (Å²) in [5.74, 6) is -0.476. The zero-order valence-corrected chi connectivity index (χ0v) is 15.8. The van der Waals surface area contributed by atoms with Crippen LogP contribution in [0, 0.1) is 0 Å². The van der Waals surface area contributed by atoms with E-state index in [2.05, 4.69) is 5.10 Å². The molecule has 28 heavy (non-hydrogen) atoms. The van der Waals surface area contributed by atoms with Crippen LogP contribution in [0.2, 0.25) is 0 Å². The van der Waals surface area contributed by atoms with E-state index >= 15 is 0 Å². The van der Waals surface area contributed by atoms with E-state index in [0.717, 1.165) is 0 Å². The topological polar surface area (TPSA) is 87.5 Å². The first-order valence-corrected chi connectivity index (χ1v) is 8.85. The van der Waals surface area contributed by atoms with E-state index in [1.165, 1.54) is 18.7 Å². The van der Waals surface area contributed by atoms with Crippen LogP contribution in [0.25, 0.3) is 10.8 Å². The molecule has 0 N–H and O–H groups in total. The minimum absolute atomic E-state index is 0.00595. The lowest BCUT2D eigenvalue weighted by molar-refractivity contribution is 0.0313. The Hall–Kier alpha value is -3.48. The van der Waals surface area contributed by atoms with Gasteiger partial charge in [-0.1, -0.05) is 18.2 Å². The summed E-state index contributed by atoms with van der Waals surface area (Å²) >= 11 is 0. The molecule has 3 aromatic rings. The van der Waals surface area contributed by atoms with Gasteiger partial charge in [-0.15, -0.1) is 0 Å². The first-order chi connectivity index (χ1) is 13.5. The second-order valence-electron chi connectivity index (χ2n) is 6.16. The number of Topliss-reactive ketones (excluding diaryl/α,β-unsaturated/α-hetero) is 1. The molecule has 7 heteroatoms. The molecule has 0 saturated carbocycles. The van der Waals surface area contributed by atoms with Gasteiger partial charge in [-0.2, -0.15) is 5.10 Å².